The van der Waals surface area contributed by atoms with Crippen LogP contribution >= 0.6 is 12.4 Å². The Hall–Kier alpha value is -2.77. The molecule has 2 amide bonds. The number of piperidine rings is 1. The van der Waals surface area contributed by atoms with Gasteiger partial charge in [0.15, 0.2) is 0 Å². The summed E-state index contributed by atoms with van der Waals surface area (Å²) in [5.41, 5.74) is 2.09. The number of nitrogens with one attached hydrogen (secondary N) is 2. The van der Waals surface area contributed by atoms with Gasteiger partial charge in [0.2, 0.25) is 11.8 Å². The predicted octanol–water partition coefficient (Wildman–Crippen LogP) is 4.69. The van der Waals surface area contributed by atoms with Crippen LogP contribution in [0.3, 0.4) is 0 Å². The Morgan fingerprint density at radius 2 is 1.64 bits per heavy atom. The second kappa shape index (κ2) is 13.1. The molecule has 2 aliphatic heterocycles. The van der Waals surface area contributed by atoms with Gasteiger partial charge >= 0.3 is 0 Å². The van der Waals surface area contributed by atoms with E-state index >= 15 is 0 Å². The van der Waals surface area contributed by atoms with Crippen molar-refractivity contribution in [2.24, 2.45) is 11.3 Å². The van der Waals surface area contributed by atoms with Crippen LogP contribution in [0.2, 0.25) is 0 Å². The highest BCUT2D eigenvalue weighted by atomic mass is 35.5. The van der Waals surface area contributed by atoms with Crippen molar-refractivity contribution in [1.82, 2.24) is 15.5 Å². The number of hydrogen-bond acceptors (Lipinski definition) is 5. The Labute approximate surface area is 238 Å². The summed E-state index contributed by atoms with van der Waals surface area (Å²) in [5, 5.41) is 6.61. The van der Waals surface area contributed by atoms with Crippen molar-refractivity contribution in [3.63, 3.8) is 0 Å². The van der Waals surface area contributed by atoms with Gasteiger partial charge in [-0.15, -0.1) is 12.4 Å². The Morgan fingerprint density at radius 1 is 1.03 bits per heavy atom. The van der Waals surface area contributed by atoms with Crippen molar-refractivity contribution in [2.45, 2.75) is 63.5 Å². The first-order chi connectivity index (χ1) is 18.5. The first-order valence-electron chi connectivity index (χ1n) is 14.1. The summed E-state index contributed by atoms with van der Waals surface area (Å²) in [5.74, 6) is 2.24. The minimum Gasteiger partial charge on any atom is -0.497 e. The van der Waals surface area contributed by atoms with Crippen molar-refractivity contribution in [3.8, 4) is 11.5 Å². The van der Waals surface area contributed by atoms with Gasteiger partial charge in [-0.1, -0.05) is 30.7 Å². The summed E-state index contributed by atoms with van der Waals surface area (Å²) >= 11 is 0. The number of methoxy groups -OCH3 is 2. The average Bonchev–Trinajstić information content (AvgIpc) is 3.20. The highest BCUT2D eigenvalue weighted by Gasteiger charge is 2.48. The van der Waals surface area contributed by atoms with E-state index in [9.17, 15) is 9.59 Å². The highest BCUT2D eigenvalue weighted by molar-refractivity contribution is 5.86. The molecule has 1 spiro atoms. The van der Waals surface area contributed by atoms with Crippen LogP contribution in [-0.4, -0.2) is 56.6 Å². The number of hydrogen-bond donors (Lipinski definition) is 2. The molecule has 2 aromatic rings. The normalized spacial score (nSPS) is 21.4. The number of likely N-dealkylation sites (tertiary alicyclic amines) is 1. The Bertz CT molecular complexity index is 1100. The third kappa shape index (κ3) is 6.87. The molecule has 39 heavy (non-hydrogen) atoms. The quantitative estimate of drug-likeness (QED) is 0.445. The minimum absolute atomic E-state index is 0. The van der Waals surface area contributed by atoms with E-state index in [1.807, 2.05) is 24.3 Å². The molecule has 0 aromatic heterocycles. The molecule has 2 atom stereocenters. The molecule has 5 rings (SSSR count). The zero-order valence-electron chi connectivity index (χ0n) is 23.1. The summed E-state index contributed by atoms with van der Waals surface area (Å²) in [6, 6.07) is 16.3. The molecule has 2 unspecified atom stereocenters. The molecule has 2 N–H and O–H groups in total. The number of benzene rings is 2. The molecule has 8 heteroatoms. The highest BCUT2D eigenvalue weighted by Crippen LogP contribution is 2.41. The zero-order valence-corrected chi connectivity index (χ0v) is 23.9. The number of ether oxygens (including phenoxy) is 2. The van der Waals surface area contributed by atoms with Crippen LogP contribution in [-0.2, 0) is 16.0 Å². The molecule has 1 saturated carbocycles. The van der Waals surface area contributed by atoms with Gasteiger partial charge in [0, 0.05) is 18.5 Å². The smallest absolute Gasteiger partial charge is 0.226 e. The maximum atomic E-state index is 13.1. The number of rotatable bonds is 10. The monoisotopic (exact) mass is 555 g/mol. The average molecular weight is 556 g/mol. The molecule has 1 aliphatic carbocycles. The number of carbonyl (C=O) groups is 2. The fourth-order valence-electron chi connectivity index (χ4n) is 6.19. The summed E-state index contributed by atoms with van der Waals surface area (Å²) < 4.78 is 10.6. The summed E-state index contributed by atoms with van der Waals surface area (Å²) in [7, 11) is 3.34. The first kappa shape index (κ1) is 29.2. The molecule has 0 radical (unpaired) electrons. The lowest BCUT2D eigenvalue weighted by Crippen LogP contribution is -2.45. The molecule has 212 valence electrons. The largest absolute Gasteiger partial charge is 0.497 e. The fraction of sp³-hybridized carbons (Fsp3) is 0.548. The maximum absolute atomic E-state index is 13.1. The van der Waals surface area contributed by atoms with Crippen molar-refractivity contribution in [3.05, 3.63) is 59.7 Å². The third-order valence-electron chi connectivity index (χ3n) is 8.95. The van der Waals surface area contributed by atoms with Crippen LogP contribution in [0.4, 0.5) is 0 Å². The number of carbonyl (C=O) groups excluding carboxylic acids is 2. The van der Waals surface area contributed by atoms with Crippen LogP contribution in [0, 0.1) is 11.3 Å². The Morgan fingerprint density at radius 3 is 2.21 bits per heavy atom. The Balaban J connectivity index is 0.00000353. The van der Waals surface area contributed by atoms with Gasteiger partial charge in [-0.25, -0.2) is 0 Å². The second-order valence-electron chi connectivity index (χ2n) is 11.3. The topological polar surface area (TPSA) is 79.9 Å². The van der Waals surface area contributed by atoms with E-state index in [1.165, 1.54) is 5.56 Å². The molecule has 2 aromatic carbocycles. The van der Waals surface area contributed by atoms with Crippen LogP contribution in [0.15, 0.2) is 48.5 Å². The number of amides is 2. The van der Waals surface area contributed by atoms with E-state index in [0.29, 0.717) is 0 Å². The minimum atomic E-state index is -0.249. The molecule has 2 heterocycles. The van der Waals surface area contributed by atoms with Crippen molar-refractivity contribution in [2.75, 3.05) is 33.9 Å². The number of nitrogens with zero attached hydrogens (tertiary/aromatic N) is 1. The van der Waals surface area contributed by atoms with E-state index in [2.05, 4.69) is 39.8 Å². The van der Waals surface area contributed by atoms with Gasteiger partial charge in [-0.3, -0.25) is 9.59 Å². The lowest BCUT2D eigenvalue weighted by Gasteiger charge is -2.38. The number of halogens is 1. The van der Waals surface area contributed by atoms with Crippen LogP contribution < -0.4 is 20.1 Å². The molecular formula is C31H42ClN3O4. The molecule has 3 aliphatic rings. The lowest BCUT2D eigenvalue weighted by atomic mass is 9.75. The van der Waals surface area contributed by atoms with E-state index in [1.54, 1.807) is 14.2 Å². The van der Waals surface area contributed by atoms with E-state index in [-0.39, 0.29) is 47.6 Å². The molecule has 3 fully saturated rings. The van der Waals surface area contributed by atoms with Gasteiger partial charge < -0.3 is 25.0 Å². The SMILES string of the molecule is COc1ccc(CC2CC3(CCN(CCC(NC(=O)C4CCC4)c4ccc(OC)cc4)CC3)C(=O)N2)cc1.Cl. The molecule has 0 bridgehead atoms. The standard InChI is InChI=1S/C31H41N3O4.ClH/c1-37-26-10-6-22(7-11-26)20-25-21-31(30(36)32-25)15-18-34(19-16-31)17-14-28(33-29(35)24-4-3-5-24)23-8-12-27(38-2)13-9-23;/h6-13,24-25,28H,3-5,14-21H2,1-2H3,(H,32,36)(H,33,35);1H. The van der Waals surface area contributed by atoms with E-state index in [0.717, 1.165) is 88.1 Å². The van der Waals surface area contributed by atoms with Crippen molar-refractivity contribution in [1.29, 1.82) is 0 Å². The van der Waals surface area contributed by atoms with E-state index in [4.69, 9.17) is 9.47 Å². The predicted molar refractivity (Wildman–Crippen MR) is 154 cm³/mol. The van der Waals surface area contributed by atoms with Crippen LogP contribution in [0.25, 0.3) is 0 Å². The molecule has 7 nitrogen and oxygen atoms in total. The lowest BCUT2D eigenvalue weighted by molar-refractivity contribution is -0.130. The Kier molecular flexibility index (Phi) is 9.78. The summed E-state index contributed by atoms with van der Waals surface area (Å²) in [6.07, 6.45) is 7.52. The second-order valence-corrected chi connectivity index (χ2v) is 11.3. The van der Waals surface area contributed by atoms with Crippen LogP contribution in [0.1, 0.15) is 62.1 Å². The van der Waals surface area contributed by atoms with E-state index < -0.39 is 0 Å². The third-order valence-corrected chi connectivity index (χ3v) is 8.95. The van der Waals surface area contributed by atoms with Gasteiger partial charge in [-0.2, -0.15) is 0 Å². The zero-order chi connectivity index (χ0) is 26.5. The van der Waals surface area contributed by atoms with Crippen molar-refractivity contribution < 1.29 is 19.1 Å². The van der Waals surface area contributed by atoms with Crippen LogP contribution in [0.5, 0.6) is 11.5 Å². The van der Waals surface area contributed by atoms with Gasteiger partial charge in [-0.05, 0) is 93.4 Å². The first-order valence-corrected chi connectivity index (χ1v) is 14.1. The maximum Gasteiger partial charge on any atom is 0.226 e. The summed E-state index contributed by atoms with van der Waals surface area (Å²) in [6.45, 7) is 2.72. The van der Waals surface area contributed by atoms with Crippen molar-refractivity contribution >= 4 is 24.2 Å². The fourth-order valence-corrected chi connectivity index (χ4v) is 6.19. The summed E-state index contributed by atoms with van der Waals surface area (Å²) in [4.78, 5) is 28.3. The van der Waals surface area contributed by atoms with Gasteiger partial charge in [0.05, 0.1) is 25.7 Å². The molecule has 2 saturated heterocycles. The van der Waals surface area contributed by atoms with Gasteiger partial charge in [0.1, 0.15) is 11.5 Å². The van der Waals surface area contributed by atoms with Gasteiger partial charge in [0.25, 0.3) is 0 Å². The molecular weight excluding hydrogens is 514 g/mol.